The normalized spacial score (nSPS) is 9.11. The Morgan fingerprint density at radius 2 is 1.78 bits per heavy atom. The Kier molecular flexibility index (Phi) is 6.49. The van der Waals surface area contributed by atoms with E-state index in [0.29, 0.717) is 12.1 Å². The van der Waals surface area contributed by atoms with Gasteiger partial charge in [-0.2, -0.15) is 0 Å². The predicted octanol–water partition coefficient (Wildman–Crippen LogP) is 2.17. The van der Waals surface area contributed by atoms with Crippen molar-refractivity contribution >= 4 is 11.9 Å². The van der Waals surface area contributed by atoms with Gasteiger partial charge in [-0.3, -0.25) is 4.79 Å². The van der Waals surface area contributed by atoms with E-state index < -0.39 is 11.9 Å². The van der Waals surface area contributed by atoms with Gasteiger partial charge in [0.1, 0.15) is 5.75 Å². The van der Waals surface area contributed by atoms with E-state index in [4.69, 9.17) is 5.11 Å². The molecule has 1 aromatic rings. The molecule has 0 saturated carbocycles. The van der Waals surface area contributed by atoms with Crippen LogP contribution in [-0.2, 0) is 0 Å². The molecule has 0 heterocycles. The van der Waals surface area contributed by atoms with Gasteiger partial charge in [0.05, 0.1) is 11.1 Å². The fraction of sp³-hybridized carbons (Fsp3) is 0.385. The lowest BCUT2D eigenvalue weighted by Crippen LogP contribution is -2.23. The zero-order valence-electron chi connectivity index (χ0n) is 11.1. The maximum Gasteiger partial charge on any atom is 0.335 e. The fourth-order valence-electron chi connectivity index (χ4n) is 1.36. The minimum Gasteiger partial charge on any atom is -0.507 e. The molecular weight excluding hydrogens is 234 g/mol. The number of aromatic hydroxyl groups is 1. The number of hydrogen-bond donors (Lipinski definition) is 3. The first kappa shape index (κ1) is 16.0. The van der Waals surface area contributed by atoms with Crippen molar-refractivity contribution in [3.63, 3.8) is 0 Å². The van der Waals surface area contributed by atoms with Gasteiger partial charge in [0.15, 0.2) is 0 Å². The van der Waals surface area contributed by atoms with E-state index in [2.05, 4.69) is 5.32 Å². The molecule has 3 N–H and O–H groups in total. The highest BCUT2D eigenvalue weighted by Gasteiger charge is 2.16. The first-order valence-corrected chi connectivity index (χ1v) is 5.82. The molecule has 1 rings (SSSR count). The van der Waals surface area contributed by atoms with Gasteiger partial charge in [-0.05, 0) is 31.5 Å². The highest BCUT2D eigenvalue weighted by atomic mass is 16.4. The Hall–Kier alpha value is -2.04. The number of carboxylic acids is 1. The Morgan fingerprint density at radius 3 is 2.22 bits per heavy atom. The van der Waals surface area contributed by atoms with Crippen molar-refractivity contribution < 1.29 is 19.8 Å². The maximum absolute atomic E-state index is 11.5. The van der Waals surface area contributed by atoms with Crippen LogP contribution >= 0.6 is 0 Å². The number of amides is 1. The molecule has 1 aromatic carbocycles. The smallest absolute Gasteiger partial charge is 0.335 e. The van der Waals surface area contributed by atoms with Gasteiger partial charge < -0.3 is 15.5 Å². The number of aryl methyl sites for hydroxylation is 1. The number of phenols is 1. The molecule has 0 spiro atoms. The minimum absolute atomic E-state index is 0.0130. The molecule has 0 bridgehead atoms. The van der Waals surface area contributed by atoms with E-state index in [9.17, 15) is 14.7 Å². The second kappa shape index (κ2) is 7.32. The number of nitrogens with one attached hydrogen (secondary N) is 1. The summed E-state index contributed by atoms with van der Waals surface area (Å²) in [5, 5.41) is 20.9. The van der Waals surface area contributed by atoms with Crippen LogP contribution in [0.5, 0.6) is 5.75 Å². The van der Waals surface area contributed by atoms with E-state index >= 15 is 0 Å². The first-order chi connectivity index (χ1) is 8.47. The minimum atomic E-state index is -1.12. The Morgan fingerprint density at radius 1 is 1.22 bits per heavy atom. The Labute approximate surface area is 106 Å². The van der Waals surface area contributed by atoms with Crippen molar-refractivity contribution in [3.05, 3.63) is 28.8 Å². The van der Waals surface area contributed by atoms with Gasteiger partial charge in [0, 0.05) is 6.54 Å². The van der Waals surface area contributed by atoms with Crippen LogP contribution in [0.3, 0.4) is 0 Å². The number of benzene rings is 1. The van der Waals surface area contributed by atoms with E-state index in [1.807, 2.05) is 13.8 Å². The molecule has 100 valence electrons. The average Bonchev–Trinajstić information content (AvgIpc) is 2.31. The van der Waals surface area contributed by atoms with Crippen LogP contribution in [-0.4, -0.2) is 28.6 Å². The van der Waals surface area contributed by atoms with Crippen LogP contribution in [0, 0.1) is 6.92 Å². The molecular formula is C13H19NO4. The van der Waals surface area contributed by atoms with Crippen LogP contribution < -0.4 is 5.32 Å². The molecule has 0 unspecified atom stereocenters. The second-order valence-electron chi connectivity index (χ2n) is 3.35. The maximum atomic E-state index is 11.5. The standard InChI is InChI=1S/C11H13NO4.C2H6/c1-3-12-10(14)8-5-7(11(15)16)6(2)4-9(8)13;1-2/h4-5,13H,3H2,1-2H3,(H,12,14)(H,15,16);1-2H3. The van der Waals surface area contributed by atoms with Crippen LogP contribution in [0.4, 0.5) is 0 Å². The lowest BCUT2D eigenvalue weighted by atomic mass is 10.0. The summed E-state index contributed by atoms with van der Waals surface area (Å²) in [5.41, 5.74) is 0.405. The summed E-state index contributed by atoms with van der Waals surface area (Å²) in [5.74, 6) is -1.82. The molecule has 0 aliphatic heterocycles. The lowest BCUT2D eigenvalue weighted by molar-refractivity contribution is 0.0696. The summed E-state index contributed by atoms with van der Waals surface area (Å²) >= 11 is 0. The quantitative estimate of drug-likeness (QED) is 0.770. The number of hydrogen-bond acceptors (Lipinski definition) is 3. The van der Waals surface area contributed by atoms with E-state index in [-0.39, 0.29) is 16.9 Å². The lowest BCUT2D eigenvalue weighted by Gasteiger charge is -2.08. The zero-order valence-corrected chi connectivity index (χ0v) is 11.1. The van der Waals surface area contributed by atoms with Gasteiger partial charge in [0.25, 0.3) is 5.91 Å². The summed E-state index contributed by atoms with van der Waals surface area (Å²) in [6, 6.07) is 2.45. The van der Waals surface area contributed by atoms with Crippen LogP contribution in [0.25, 0.3) is 0 Å². The molecule has 0 aliphatic rings. The van der Waals surface area contributed by atoms with Gasteiger partial charge >= 0.3 is 5.97 Å². The third kappa shape index (κ3) is 3.76. The number of carboxylic acid groups (broad SMARTS) is 1. The fourth-order valence-corrected chi connectivity index (χ4v) is 1.36. The number of carbonyl (C=O) groups is 2. The third-order valence-electron chi connectivity index (χ3n) is 2.16. The van der Waals surface area contributed by atoms with Crippen LogP contribution in [0.2, 0.25) is 0 Å². The monoisotopic (exact) mass is 253 g/mol. The van der Waals surface area contributed by atoms with Crippen molar-refractivity contribution in [2.75, 3.05) is 6.54 Å². The molecule has 18 heavy (non-hydrogen) atoms. The van der Waals surface area contributed by atoms with Gasteiger partial charge in [0.2, 0.25) is 0 Å². The third-order valence-corrected chi connectivity index (χ3v) is 2.16. The van der Waals surface area contributed by atoms with Crippen molar-refractivity contribution in [1.82, 2.24) is 5.32 Å². The second-order valence-corrected chi connectivity index (χ2v) is 3.35. The predicted molar refractivity (Wildman–Crippen MR) is 69.2 cm³/mol. The van der Waals surface area contributed by atoms with Crippen molar-refractivity contribution in [2.45, 2.75) is 27.7 Å². The molecule has 5 nitrogen and oxygen atoms in total. The molecule has 0 saturated heterocycles. The SMILES string of the molecule is CC.CCNC(=O)c1cc(C(=O)O)c(C)cc1O. The number of carbonyl (C=O) groups excluding carboxylic acids is 1. The molecule has 0 radical (unpaired) electrons. The molecule has 1 amide bonds. The van der Waals surface area contributed by atoms with Gasteiger partial charge in [-0.15, -0.1) is 0 Å². The summed E-state index contributed by atoms with van der Waals surface area (Å²) in [4.78, 5) is 22.3. The molecule has 0 aromatic heterocycles. The highest BCUT2D eigenvalue weighted by molar-refractivity contribution is 6.00. The number of phenolic OH excluding ortho intramolecular Hbond substituents is 1. The topological polar surface area (TPSA) is 86.6 Å². The van der Waals surface area contributed by atoms with Gasteiger partial charge in [-0.25, -0.2) is 4.79 Å². The highest BCUT2D eigenvalue weighted by Crippen LogP contribution is 2.22. The van der Waals surface area contributed by atoms with E-state index in [1.54, 1.807) is 13.8 Å². The van der Waals surface area contributed by atoms with Gasteiger partial charge in [-0.1, -0.05) is 13.8 Å². The Balaban J connectivity index is 0.00000137. The summed E-state index contributed by atoms with van der Waals surface area (Å²) < 4.78 is 0. The molecule has 5 heteroatoms. The summed E-state index contributed by atoms with van der Waals surface area (Å²) in [6.45, 7) is 7.71. The molecule has 0 aliphatic carbocycles. The van der Waals surface area contributed by atoms with Crippen molar-refractivity contribution in [2.24, 2.45) is 0 Å². The number of rotatable bonds is 3. The Bertz CT molecular complexity index is 441. The molecule has 0 atom stereocenters. The average molecular weight is 253 g/mol. The zero-order chi connectivity index (χ0) is 14.3. The largest absolute Gasteiger partial charge is 0.507 e. The molecule has 0 fully saturated rings. The van der Waals surface area contributed by atoms with Crippen molar-refractivity contribution in [3.8, 4) is 5.75 Å². The van der Waals surface area contributed by atoms with E-state index in [1.165, 1.54) is 12.1 Å². The first-order valence-electron chi connectivity index (χ1n) is 5.82. The van der Waals surface area contributed by atoms with Crippen molar-refractivity contribution in [1.29, 1.82) is 0 Å². The van der Waals surface area contributed by atoms with Crippen LogP contribution in [0.15, 0.2) is 12.1 Å². The number of aromatic carboxylic acids is 1. The van der Waals surface area contributed by atoms with Crippen LogP contribution in [0.1, 0.15) is 47.1 Å². The summed E-state index contributed by atoms with van der Waals surface area (Å²) in [6.07, 6.45) is 0. The summed E-state index contributed by atoms with van der Waals surface area (Å²) in [7, 11) is 0. The van der Waals surface area contributed by atoms with E-state index in [0.717, 1.165) is 0 Å².